The predicted octanol–water partition coefficient (Wildman–Crippen LogP) is 1.46. The molecule has 1 amide bonds. The number of ether oxygens (including phenoxy) is 1. The number of aromatic nitrogens is 1. The molecule has 1 aliphatic rings. The molecule has 17 heavy (non-hydrogen) atoms. The molecule has 0 radical (unpaired) electrons. The lowest BCUT2D eigenvalue weighted by atomic mass is 10.2. The van der Waals surface area contributed by atoms with Crippen molar-refractivity contribution in [2.45, 2.75) is 6.18 Å². The van der Waals surface area contributed by atoms with E-state index >= 15 is 0 Å². The number of morpholine rings is 1. The first-order chi connectivity index (χ1) is 7.98. The predicted molar refractivity (Wildman–Crippen MR) is 52.4 cm³/mol. The highest BCUT2D eigenvalue weighted by atomic mass is 19.4. The lowest BCUT2D eigenvalue weighted by Gasteiger charge is -2.25. The number of hydrogen-bond donors (Lipinski definition) is 0. The van der Waals surface area contributed by atoms with Gasteiger partial charge in [0.2, 0.25) is 0 Å². The van der Waals surface area contributed by atoms with Gasteiger partial charge < -0.3 is 4.74 Å². The van der Waals surface area contributed by atoms with E-state index in [2.05, 4.69) is 4.98 Å². The second-order valence-corrected chi connectivity index (χ2v) is 3.50. The molecule has 2 rings (SSSR count). The summed E-state index contributed by atoms with van der Waals surface area (Å²) in [5.74, 6) is -0.0881. The zero-order chi connectivity index (χ0) is 12.5. The van der Waals surface area contributed by atoms with Crippen molar-refractivity contribution >= 4 is 11.7 Å². The van der Waals surface area contributed by atoms with Crippen molar-refractivity contribution in [1.29, 1.82) is 0 Å². The number of carbonyl (C=O) groups is 1. The molecule has 92 valence electrons. The molecule has 0 atom stereocenters. The summed E-state index contributed by atoms with van der Waals surface area (Å²) in [4.78, 5) is 16.4. The molecule has 0 spiro atoms. The zero-order valence-electron chi connectivity index (χ0n) is 8.70. The maximum absolute atomic E-state index is 12.3. The van der Waals surface area contributed by atoms with Gasteiger partial charge in [0.1, 0.15) is 12.4 Å². The second-order valence-electron chi connectivity index (χ2n) is 3.50. The fourth-order valence-electron chi connectivity index (χ4n) is 1.47. The molecule has 1 saturated heterocycles. The van der Waals surface area contributed by atoms with Crippen molar-refractivity contribution in [3.8, 4) is 0 Å². The van der Waals surface area contributed by atoms with E-state index in [1.54, 1.807) is 0 Å². The van der Waals surface area contributed by atoms with E-state index in [4.69, 9.17) is 4.74 Å². The third-order valence-electron chi connectivity index (χ3n) is 2.34. The average molecular weight is 246 g/mol. The van der Waals surface area contributed by atoms with Crippen LogP contribution in [0.4, 0.5) is 19.0 Å². The monoisotopic (exact) mass is 246 g/mol. The van der Waals surface area contributed by atoms with Gasteiger partial charge >= 0.3 is 6.18 Å². The van der Waals surface area contributed by atoms with E-state index in [1.807, 2.05) is 0 Å². The maximum atomic E-state index is 12.3. The first-order valence-corrected chi connectivity index (χ1v) is 4.90. The minimum absolute atomic E-state index is 0.0668. The molecule has 0 bridgehead atoms. The number of nitrogens with zero attached hydrogens (tertiary/aromatic N) is 2. The second kappa shape index (κ2) is 4.33. The Hall–Kier alpha value is -1.63. The molecule has 0 N–H and O–H groups in total. The summed E-state index contributed by atoms with van der Waals surface area (Å²) >= 11 is 0. The Morgan fingerprint density at radius 3 is 2.65 bits per heavy atom. The zero-order valence-corrected chi connectivity index (χ0v) is 8.70. The standard InChI is InChI=1S/C10H9F3N2O2/c11-10(12,13)7-1-2-8(14-5-7)15-3-4-17-6-9(15)16/h1-2,5H,3-4,6H2. The van der Waals surface area contributed by atoms with Crippen LogP contribution in [0.25, 0.3) is 0 Å². The number of halogens is 3. The van der Waals surface area contributed by atoms with E-state index < -0.39 is 11.7 Å². The molecule has 0 saturated carbocycles. The fraction of sp³-hybridized carbons (Fsp3) is 0.400. The number of carbonyl (C=O) groups excluding carboxylic acids is 1. The smallest absolute Gasteiger partial charge is 0.370 e. The van der Waals surface area contributed by atoms with Crippen molar-refractivity contribution < 1.29 is 22.7 Å². The molecule has 1 aromatic heterocycles. The summed E-state index contributed by atoms with van der Waals surface area (Å²) in [6.45, 7) is 0.592. The Morgan fingerprint density at radius 2 is 2.12 bits per heavy atom. The van der Waals surface area contributed by atoms with Gasteiger partial charge in [-0.2, -0.15) is 13.2 Å². The van der Waals surface area contributed by atoms with Crippen LogP contribution in [0.15, 0.2) is 18.3 Å². The number of anilines is 1. The number of pyridine rings is 1. The van der Waals surface area contributed by atoms with Gasteiger partial charge in [-0.3, -0.25) is 9.69 Å². The Morgan fingerprint density at radius 1 is 1.35 bits per heavy atom. The Bertz CT molecular complexity index is 417. The molecule has 0 aliphatic carbocycles. The lowest BCUT2D eigenvalue weighted by Crippen LogP contribution is -2.42. The van der Waals surface area contributed by atoms with Crippen LogP contribution in [-0.2, 0) is 15.7 Å². The molecule has 2 heterocycles. The van der Waals surface area contributed by atoms with E-state index in [-0.39, 0.29) is 18.3 Å². The highest BCUT2D eigenvalue weighted by molar-refractivity contribution is 5.93. The van der Waals surface area contributed by atoms with Crippen molar-refractivity contribution in [1.82, 2.24) is 4.98 Å². The van der Waals surface area contributed by atoms with Crippen molar-refractivity contribution in [2.24, 2.45) is 0 Å². The van der Waals surface area contributed by atoms with E-state index in [1.165, 1.54) is 11.0 Å². The Balaban J connectivity index is 2.20. The van der Waals surface area contributed by atoms with Crippen LogP contribution in [0.2, 0.25) is 0 Å². The SMILES string of the molecule is O=C1COCCN1c1ccc(C(F)(F)F)cn1. The maximum Gasteiger partial charge on any atom is 0.417 e. The van der Waals surface area contributed by atoms with Crippen LogP contribution in [0, 0.1) is 0 Å². The van der Waals surface area contributed by atoms with Gasteiger partial charge in [0, 0.05) is 6.20 Å². The third-order valence-corrected chi connectivity index (χ3v) is 2.34. The van der Waals surface area contributed by atoms with Crippen molar-refractivity contribution in [3.63, 3.8) is 0 Å². The van der Waals surface area contributed by atoms with Gasteiger partial charge in [-0.05, 0) is 12.1 Å². The lowest BCUT2D eigenvalue weighted by molar-refractivity contribution is -0.137. The Kier molecular flexibility index (Phi) is 3.01. The van der Waals surface area contributed by atoms with Gasteiger partial charge in [0.15, 0.2) is 0 Å². The van der Waals surface area contributed by atoms with Gasteiger partial charge in [-0.1, -0.05) is 0 Å². The minimum atomic E-state index is -4.42. The summed E-state index contributed by atoms with van der Waals surface area (Å²) in [7, 11) is 0. The number of hydrogen-bond acceptors (Lipinski definition) is 3. The van der Waals surface area contributed by atoms with Crippen molar-refractivity contribution in [2.75, 3.05) is 24.7 Å². The van der Waals surface area contributed by atoms with E-state index in [9.17, 15) is 18.0 Å². The van der Waals surface area contributed by atoms with Gasteiger partial charge in [-0.15, -0.1) is 0 Å². The van der Waals surface area contributed by atoms with Gasteiger partial charge in [-0.25, -0.2) is 4.98 Å². The molecule has 0 aromatic carbocycles. The van der Waals surface area contributed by atoms with E-state index in [0.29, 0.717) is 13.2 Å². The van der Waals surface area contributed by atoms with E-state index in [0.717, 1.165) is 12.3 Å². The normalized spacial score (nSPS) is 17.4. The van der Waals surface area contributed by atoms with Crippen LogP contribution in [0.1, 0.15) is 5.56 Å². The average Bonchev–Trinajstić information content (AvgIpc) is 2.29. The van der Waals surface area contributed by atoms with Gasteiger partial charge in [0.05, 0.1) is 18.7 Å². The number of amides is 1. The number of alkyl halides is 3. The molecular formula is C10H9F3N2O2. The molecule has 1 aromatic rings. The van der Waals surface area contributed by atoms with Crippen LogP contribution < -0.4 is 4.90 Å². The number of rotatable bonds is 1. The summed E-state index contributed by atoms with van der Waals surface area (Å²) in [5, 5.41) is 0. The minimum Gasteiger partial charge on any atom is -0.370 e. The molecule has 1 aliphatic heterocycles. The third kappa shape index (κ3) is 2.55. The summed E-state index contributed by atoms with van der Waals surface area (Å²) in [5.41, 5.74) is -0.832. The highest BCUT2D eigenvalue weighted by Crippen LogP contribution is 2.29. The Labute approximate surface area is 95.0 Å². The summed E-state index contributed by atoms with van der Waals surface area (Å²) in [6, 6.07) is 2.09. The molecule has 1 fully saturated rings. The highest BCUT2D eigenvalue weighted by Gasteiger charge is 2.31. The first-order valence-electron chi connectivity index (χ1n) is 4.90. The van der Waals surface area contributed by atoms with Gasteiger partial charge in [0.25, 0.3) is 5.91 Å². The summed E-state index contributed by atoms with van der Waals surface area (Å²) < 4.78 is 41.8. The quantitative estimate of drug-likeness (QED) is 0.753. The molecule has 0 unspecified atom stereocenters. The largest absolute Gasteiger partial charge is 0.417 e. The van der Waals surface area contributed by atoms with Crippen molar-refractivity contribution in [3.05, 3.63) is 23.9 Å². The van der Waals surface area contributed by atoms with Crippen LogP contribution in [0.5, 0.6) is 0 Å². The molecule has 7 heteroatoms. The fourth-order valence-corrected chi connectivity index (χ4v) is 1.47. The molecule has 4 nitrogen and oxygen atoms in total. The molecular weight excluding hydrogens is 237 g/mol. The van der Waals surface area contributed by atoms with Crippen LogP contribution >= 0.6 is 0 Å². The van der Waals surface area contributed by atoms with Crippen LogP contribution in [-0.4, -0.2) is 30.6 Å². The topological polar surface area (TPSA) is 42.4 Å². The first kappa shape index (κ1) is 11.8. The van der Waals surface area contributed by atoms with Crippen LogP contribution in [0.3, 0.4) is 0 Å². The summed E-state index contributed by atoms with van der Waals surface area (Å²) in [6.07, 6.45) is -3.70.